The van der Waals surface area contributed by atoms with Gasteiger partial charge in [0.1, 0.15) is 11.4 Å². The zero-order valence-corrected chi connectivity index (χ0v) is 11.2. The molecule has 2 atom stereocenters. The average Bonchev–Trinajstić information content (AvgIpc) is 2.56. The minimum Gasteiger partial charge on any atom is -0.478 e. The molecule has 1 aromatic rings. The third kappa shape index (κ3) is 3.59. The first-order valence-electron chi connectivity index (χ1n) is 6.81. The van der Waals surface area contributed by atoms with Gasteiger partial charge < -0.3 is 16.2 Å². The molecule has 1 aromatic heterocycles. The summed E-state index contributed by atoms with van der Waals surface area (Å²) in [5, 5.41) is 12.5. The fourth-order valence-corrected chi connectivity index (χ4v) is 2.58. The normalized spacial score (nSPS) is 23.6. The van der Waals surface area contributed by atoms with Gasteiger partial charge in [0.2, 0.25) is 0 Å². The van der Waals surface area contributed by atoms with Crippen LogP contribution in [0.25, 0.3) is 0 Å². The van der Waals surface area contributed by atoms with Gasteiger partial charge in [-0.2, -0.15) is 0 Å². The van der Waals surface area contributed by atoms with Crippen molar-refractivity contribution in [3.05, 3.63) is 17.8 Å². The summed E-state index contributed by atoms with van der Waals surface area (Å²) >= 11 is 0. The van der Waals surface area contributed by atoms with E-state index in [1.165, 1.54) is 31.5 Å². The molecule has 0 radical (unpaired) electrons. The second-order valence-electron chi connectivity index (χ2n) is 5.42. The van der Waals surface area contributed by atoms with Crippen LogP contribution in [0.2, 0.25) is 0 Å². The van der Waals surface area contributed by atoms with Crippen LogP contribution in [-0.2, 0) is 0 Å². The van der Waals surface area contributed by atoms with E-state index < -0.39 is 5.97 Å². The zero-order valence-electron chi connectivity index (χ0n) is 11.2. The van der Waals surface area contributed by atoms with Crippen LogP contribution in [0.15, 0.2) is 12.3 Å². The maximum absolute atomic E-state index is 11.2. The van der Waals surface area contributed by atoms with E-state index in [4.69, 9.17) is 5.73 Å². The van der Waals surface area contributed by atoms with Gasteiger partial charge in [-0.3, -0.25) is 0 Å². The Labute approximate surface area is 113 Å². The van der Waals surface area contributed by atoms with E-state index in [-0.39, 0.29) is 5.56 Å². The number of pyridine rings is 1. The quantitative estimate of drug-likeness (QED) is 0.730. The highest BCUT2D eigenvalue weighted by Gasteiger charge is 2.19. The number of aromatic nitrogens is 1. The topological polar surface area (TPSA) is 88.2 Å². The Kier molecular flexibility index (Phi) is 4.24. The van der Waals surface area contributed by atoms with Crippen molar-refractivity contribution in [1.82, 2.24) is 4.98 Å². The minimum atomic E-state index is -0.996. The number of nitrogens with one attached hydrogen (secondary N) is 1. The molecule has 1 fully saturated rings. The van der Waals surface area contributed by atoms with Crippen LogP contribution in [-0.4, -0.2) is 22.1 Å². The van der Waals surface area contributed by atoms with E-state index in [0.717, 1.165) is 18.8 Å². The first-order chi connectivity index (χ1) is 9.06. The van der Waals surface area contributed by atoms with Gasteiger partial charge in [0.15, 0.2) is 0 Å². The van der Waals surface area contributed by atoms with Crippen molar-refractivity contribution in [2.24, 2.45) is 5.92 Å². The molecule has 1 aliphatic rings. The number of carbonyl (C=O) groups is 1. The summed E-state index contributed by atoms with van der Waals surface area (Å²) in [7, 11) is 0. The van der Waals surface area contributed by atoms with Gasteiger partial charge in [-0.05, 0) is 31.2 Å². The van der Waals surface area contributed by atoms with E-state index in [1.807, 2.05) is 0 Å². The molecule has 19 heavy (non-hydrogen) atoms. The molecular weight excluding hydrogens is 242 g/mol. The Morgan fingerprint density at radius 3 is 2.95 bits per heavy atom. The number of nitrogens with two attached hydrogens (primary N) is 1. The van der Waals surface area contributed by atoms with Crippen molar-refractivity contribution in [3.8, 4) is 0 Å². The van der Waals surface area contributed by atoms with Crippen LogP contribution in [0.4, 0.5) is 11.5 Å². The molecule has 0 saturated heterocycles. The number of hydrogen-bond acceptors (Lipinski definition) is 4. The van der Waals surface area contributed by atoms with E-state index in [9.17, 15) is 9.90 Å². The Balaban J connectivity index is 2.12. The first kappa shape index (κ1) is 13.6. The molecule has 2 rings (SSSR count). The molecule has 0 aromatic carbocycles. The van der Waals surface area contributed by atoms with Gasteiger partial charge in [-0.15, -0.1) is 0 Å². The number of anilines is 2. The average molecular weight is 263 g/mol. The van der Waals surface area contributed by atoms with Crippen molar-refractivity contribution in [3.63, 3.8) is 0 Å². The highest BCUT2D eigenvalue weighted by atomic mass is 16.4. The third-order valence-electron chi connectivity index (χ3n) is 3.74. The van der Waals surface area contributed by atoms with E-state index in [0.29, 0.717) is 17.5 Å². The van der Waals surface area contributed by atoms with Gasteiger partial charge in [-0.25, -0.2) is 9.78 Å². The Morgan fingerprint density at radius 2 is 2.21 bits per heavy atom. The Hall–Kier alpha value is -1.78. The van der Waals surface area contributed by atoms with Crippen molar-refractivity contribution >= 4 is 17.5 Å². The molecule has 1 heterocycles. The van der Waals surface area contributed by atoms with Crippen molar-refractivity contribution in [1.29, 1.82) is 0 Å². The molecule has 0 bridgehead atoms. The number of nitrogen functional groups attached to an aromatic ring is 1. The summed E-state index contributed by atoms with van der Waals surface area (Å²) in [4.78, 5) is 15.3. The Bertz CT molecular complexity index is 462. The fourth-order valence-electron chi connectivity index (χ4n) is 2.58. The molecule has 0 amide bonds. The molecule has 5 nitrogen and oxygen atoms in total. The SMILES string of the molecule is CC1CCCC(Nc2ncc(N)cc2C(=O)O)CC1. The van der Waals surface area contributed by atoms with Crippen molar-refractivity contribution < 1.29 is 9.90 Å². The molecule has 1 saturated carbocycles. The monoisotopic (exact) mass is 263 g/mol. The highest BCUT2D eigenvalue weighted by Crippen LogP contribution is 2.26. The van der Waals surface area contributed by atoms with Gasteiger partial charge in [0.25, 0.3) is 0 Å². The Morgan fingerprint density at radius 1 is 1.42 bits per heavy atom. The molecule has 2 unspecified atom stereocenters. The summed E-state index contributed by atoms with van der Waals surface area (Å²) in [6, 6.07) is 1.76. The van der Waals surface area contributed by atoms with Crippen molar-refractivity contribution in [2.75, 3.05) is 11.1 Å². The number of nitrogens with zero attached hydrogens (tertiary/aromatic N) is 1. The van der Waals surface area contributed by atoms with Gasteiger partial charge in [-0.1, -0.05) is 19.8 Å². The number of rotatable bonds is 3. The molecular formula is C14H21N3O2. The van der Waals surface area contributed by atoms with E-state index >= 15 is 0 Å². The second kappa shape index (κ2) is 5.91. The van der Waals surface area contributed by atoms with Crippen LogP contribution in [0.3, 0.4) is 0 Å². The van der Waals surface area contributed by atoms with Gasteiger partial charge in [0, 0.05) is 6.04 Å². The summed E-state index contributed by atoms with van der Waals surface area (Å²) in [6.45, 7) is 2.27. The molecule has 5 heteroatoms. The number of carboxylic acid groups (broad SMARTS) is 1. The molecule has 104 valence electrons. The lowest BCUT2D eigenvalue weighted by Gasteiger charge is -2.18. The van der Waals surface area contributed by atoms with Crippen LogP contribution >= 0.6 is 0 Å². The molecule has 0 spiro atoms. The summed E-state index contributed by atoms with van der Waals surface area (Å²) in [5.41, 5.74) is 6.11. The fraction of sp³-hybridized carbons (Fsp3) is 0.571. The zero-order chi connectivity index (χ0) is 13.8. The maximum Gasteiger partial charge on any atom is 0.339 e. The summed E-state index contributed by atoms with van der Waals surface area (Å²) in [5.74, 6) is 0.190. The van der Waals surface area contributed by atoms with Gasteiger partial charge >= 0.3 is 5.97 Å². The van der Waals surface area contributed by atoms with Crippen LogP contribution in [0.1, 0.15) is 49.4 Å². The third-order valence-corrected chi connectivity index (χ3v) is 3.74. The van der Waals surface area contributed by atoms with Crippen LogP contribution in [0, 0.1) is 5.92 Å². The first-order valence-corrected chi connectivity index (χ1v) is 6.81. The highest BCUT2D eigenvalue weighted by molar-refractivity contribution is 5.94. The smallest absolute Gasteiger partial charge is 0.339 e. The van der Waals surface area contributed by atoms with E-state index in [1.54, 1.807) is 0 Å². The van der Waals surface area contributed by atoms with Crippen LogP contribution in [0.5, 0.6) is 0 Å². The number of carboxylic acids is 1. The lowest BCUT2D eigenvalue weighted by molar-refractivity contribution is 0.0697. The largest absolute Gasteiger partial charge is 0.478 e. The van der Waals surface area contributed by atoms with Crippen LogP contribution < -0.4 is 11.1 Å². The predicted octanol–water partition coefficient (Wildman–Crippen LogP) is 2.74. The predicted molar refractivity (Wildman–Crippen MR) is 75.3 cm³/mol. The maximum atomic E-state index is 11.2. The summed E-state index contributed by atoms with van der Waals surface area (Å²) < 4.78 is 0. The van der Waals surface area contributed by atoms with Crippen molar-refractivity contribution in [2.45, 2.75) is 45.1 Å². The summed E-state index contributed by atoms with van der Waals surface area (Å²) in [6.07, 6.45) is 7.22. The number of aromatic carboxylic acids is 1. The number of hydrogen-bond donors (Lipinski definition) is 3. The lowest BCUT2D eigenvalue weighted by Crippen LogP contribution is -2.21. The van der Waals surface area contributed by atoms with Gasteiger partial charge in [0.05, 0.1) is 11.9 Å². The van der Waals surface area contributed by atoms with E-state index in [2.05, 4.69) is 17.2 Å². The molecule has 4 N–H and O–H groups in total. The standard InChI is InChI=1S/C14H21N3O2/c1-9-3-2-4-11(6-5-9)17-13-12(14(18)19)7-10(15)8-16-13/h7-9,11H,2-6,15H2,1H3,(H,16,17)(H,18,19). The molecule has 1 aliphatic carbocycles. The lowest BCUT2D eigenvalue weighted by atomic mass is 10.0. The molecule has 0 aliphatic heterocycles. The minimum absolute atomic E-state index is 0.150. The second-order valence-corrected chi connectivity index (χ2v) is 5.42.